The Hall–Kier alpha value is -2.08. The molecule has 0 unspecified atom stereocenters. The third kappa shape index (κ3) is 6.46. The van der Waals surface area contributed by atoms with Crippen LogP contribution in [0.2, 0.25) is 0 Å². The lowest BCUT2D eigenvalue weighted by Gasteiger charge is -2.15. The van der Waals surface area contributed by atoms with Crippen molar-refractivity contribution in [1.29, 1.82) is 0 Å². The van der Waals surface area contributed by atoms with Gasteiger partial charge < -0.3 is 4.74 Å². The summed E-state index contributed by atoms with van der Waals surface area (Å²) < 4.78 is 72.9. The Bertz CT molecular complexity index is 987. The van der Waals surface area contributed by atoms with E-state index in [0.29, 0.717) is 17.1 Å². The molecule has 0 bridgehead atoms. The van der Waals surface area contributed by atoms with Crippen molar-refractivity contribution in [3.05, 3.63) is 30.6 Å². The summed E-state index contributed by atoms with van der Waals surface area (Å²) in [7, 11) is -0.954. The average molecular weight is 469 g/mol. The zero-order valence-electron chi connectivity index (χ0n) is 16.8. The third-order valence-corrected chi connectivity index (χ3v) is 5.09. The molecule has 166 valence electrons. The van der Waals surface area contributed by atoms with Crippen molar-refractivity contribution in [3.63, 3.8) is 0 Å². The van der Waals surface area contributed by atoms with Crippen molar-refractivity contribution >= 4 is 27.2 Å². The molecule has 2 aromatic heterocycles. The lowest BCUT2D eigenvalue weighted by Crippen LogP contribution is -2.43. The summed E-state index contributed by atoms with van der Waals surface area (Å²) in [4.78, 5) is 10.3. The highest BCUT2D eigenvalue weighted by atomic mass is 32.2. The van der Waals surface area contributed by atoms with Gasteiger partial charge in [0.15, 0.2) is 6.61 Å². The standard InChI is InChI=1S/C18H22F4N3O3S2/c1-5-29-15-8-12(24-30(3,4)26)10-25(27-2)16(15)14-7-6-13(9-23-14)28-11-18(21,22)17(19)20/h6-10,17H,5,11H2,1-4H3/q+1. The van der Waals surface area contributed by atoms with E-state index in [1.807, 2.05) is 6.92 Å². The second-order valence-corrected chi connectivity index (χ2v) is 10.2. The summed E-state index contributed by atoms with van der Waals surface area (Å²) in [5.74, 6) is -3.60. The van der Waals surface area contributed by atoms with E-state index in [4.69, 9.17) is 9.57 Å². The van der Waals surface area contributed by atoms with Gasteiger partial charge in [-0.05, 0) is 24.0 Å². The van der Waals surface area contributed by atoms with E-state index in [9.17, 15) is 21.8 Å². The first-order chi connectivity index (χ1) is 14.0. The van der Waals surface area contributed by atoms with Crippen LogP contribution >= 0.6 is 11.8 Å². The summed E-state index contributed by atoms with van der Waals surface area (Å²) in [6.45, 7) is 0.496. The molecular weight excluding hydrogens is 446 g/mol. The monoisotopic (exact) mass is 468 g/mol. The van der Waals surface area contributed by atoms with Gasteiger partial charge in [0.2, 0.25) is 6.20 Å². The van der Waals surface area contributed by atoms with Gasteiger partial charge >= 0.3 is 12.3 Å². The largest absolute Gasteiger partial charge is 0.485 e. The Labute approximate surface area is 176 Å². The lowest BCUT2D eigenvalue weighted by molar-refractivity contribution is -0.877. The van der Waals surface area contributed by atoms with Crippen LogP contribution in [0, 0.1) is 0 Å². The number of pyridine rings is 2. The van der Waals surface area contributed by atoms with Gasteiger partial charge in [-0.2, -0.15) is 13.1 Å². The molecule has 0 amide bonds. The number of ether oxygens (including phenoxy) is 1. The van der Waals surface area contributed by atoms with Gasteiger partial charge in [-0.15, -0.1) is 11.8 Å². The number of thioether (sulfide) groups is 1. The molecule has 0 N–H and O–H groups in total. The quantitative estimate of drug-likeness (QED) is 0.318. The van der Waals surface area contributed by atoms with E-state index in [1.165, 1.54) is 54.4 Å². The van der Waals surface area contributed by atoms with Gasteiger partial charge in [-0.3, -0.25) is 4.84 Å². The highest BCUT2D eigenvalue weighted by Gasteiger charge is 2.41. The topological polar surface area (TPSA) is 64.7 Å². The van der Waals surface area contributed by atoms with Crippen molar-refractivity contribution < 1.29 is 36.1 Å². The molecule has 0 radical (unpaired) electrons. The maximum Gasteiger partial charge on any atom is 0.340 e. The molecule has 0 saturated heterocycles. The van der Waals surface area contributed by atoms with Gasteiger partial charge in [0.1, 0.15) is 24.2 Å². The first kappa shape index (κ1) is 24.2. The van der Waals surface area contributed by atoms with Crippen LogP contribution in [0.5, 0.6) is 5.75 Å². The fourth-order valence-electron chi connectivity index (χ4n) is 2.33. The van der Waals surface area contributed by atoms with Crippen LogP contribution in [0.4, 0.5) is 23.2 Å². The Morgan fingerprint density at radius 2 is 2.03 bits per heavy atom. The number of rotatable bonds is 9. The Morgan fingerprint density at radius 3 is 2.53 bits per heavy atom. The number of alkyl halides is 4. The van der Waals surface area contributed by atoms with Crippen molar-refractivity contribution in [3.8, 4) is 17.1 Å². The summed E-state index contributed by atoms with van der Waals surface area (Å²) in [6.07, 6.45) is 1.94. The van der Waals surface area contributed by atoms with Crippen LogP contribution in [0.3, 0.4) is 0 Å². The fraction of sp³-hybridized carbons (Fsp3) is 0.444. The number of halogens is 4. The molecule has 0 fully saturated rings. The van der Waals surface area contributed by atoms with Gasteiger partial charge in [-0.25, -0.2) is 18.0 Å². The van der Waals surface area contributed by atoms with Crippen LogP contribution in [0.1, 0.15) is 6.92 Å². The summed E-state index contributed by atoms with van der Waals surface area (Å²) in [6, 6.07) is 4.61. The van der Waals surface area contributed by atoms with Gasteiger partial charge in [0.05, 0.1) is 11.1 Å². The van der Waals surface area contributed by atoms with E-state index in [2.05, 4.69) is 9.35 Å². The minimum atomic E-state index is -4.25. The van der Waals surface area contributed by atoms with Crippen LogP contribution in [-0.2, 0) is 9.73 Å². The second kappa shape index (κ2) is 9.82. The molecular formula is C18H22F4N3O3S2+. The highest BCUT2D eigenvalue weighted by Crippen LogP contribution is 2.32. The Kier molecular flexibility index (Phi) is 7.92. The van der Waals surface area contributed by atoms with Crippen molar-refractivity contribution in [2.24, 2.45) is 4.36 Å². The maximum atomic E-state index is 13.0. The smallest absolute Gasteiger partial charge is 0.340 e. The van der Waals surface area contributed by atoms with Crippen LogP contribution < -0.4 is 14.3 Å². The summed E-state index contributed by atoms with van der Waals surface area (Å²) in [5, 5.41) is 0. The molecule has 2 heterocycles. The van der Waals surface area contributed by atoms with E-state index in [0.717, 1.165) is 10.6 Å². The van der Waals surface area contributed by atoms with Gasteiger partial charge in [0.25, 0.3) is 5.69 Å². The zero-order chi connectivity index (χ0) is 22.5. The summed E-state index contributed by atoms with van der Waals surface area (Å²) >= 11 is 1.48. The second-order valence-electron chi connectivity index (χ2n) is 6.35. The molecule has 12 heteroatoms. The maximum absolute atomic E-state index is 13.0. The SMILES string of the molecule is CCSc1cc(N=S(C)(C)=O)c[n+](OC)c1-c1ccc(OCC(F)(F)C(F)F)cn1. The normalized spacial score (nSPS) is 12.2. The first-order valence-electron chi connectivity index (χ1n) is 8.66. The lowest BCUT2D eigenvalue weighted by atomic mass is 10.2. The molecule has 6 nitrogen and oxygen atoms in total. The molecule has 0 aliphatic rings. The minimum Gasteiger partial charge on any atom is -0.485 e. The molecule has 2 aromatic rings. The van der Waals surface area contributed by atoms with Gasteiger partial charge in [0, 0.05) is 27.0 Å². The molecule has 0 saturated carbocycles. The van der Waals surface area contributed by atoms with Crippen LogP contribution in [0.15, 0.2) is 39.9 Å². The number of hydrogen-bond donors (Lipinski definition) is 0. The average Bonchev–Trinajstić information content (AvgIpc) is 2.65. The minimum absolute atomic E-state index is 0.0731. The number of hydrogen-bond acceptors (Lipinski definition) is 6. The number of nitrogens with zero attached hydrogens (tertiary/aromatic N) is 3. The van der Waals surface area contributed by atoms with Crippen LogP contribution in [0.25, 0.3) is 11.4 Å². The van der Waals surface area contributed by atoms with Gasteiger partial charge in [-0.1, -0.05) is 6.92 Å². The van der Waals surface area contributed by atoms with E-state index >= 15 is 0 Å². The molecule has 0 atom stereocenters. The van der Waals surface area contributed by atoms with Crippen molar-refractivity contribution in [1.82, 2.24) is 4.98 Å². The number of aromatic nitrogens is 2. The zero-order valence-corrected chi connectivity index (χ0v) is 18.4. The highest BCUT2D eigenvalue weighted by molar-refractivity contribution is 7.99. The molecule has 0 aromatic carbocycles. The fourth-order valence-corrected chi connectivity index (χ4v) is 3.79. The van der Waals surface area contributed by atoms with Crippen molar-refractivity contribution in [2.75, 3.05) is 32.0 Å². The van der Waals surface area contributed by atoms with E-state index in [-0.39, 0.29) is 5.75 Å². The molecule has 0 aliphatic heterocycles. The first-order valence-corrected chi connectivity index (χ1v) is 12.0. The van der Waals surface area contributed by atoms with E-state index < -0.39 is 28.7 Å². The predicted molar refractivity (Wildman–Crippen MR) is 107 cm³/mol. The molecule has 0 spiro atoms. The molecule has 30 heavy (non-hydrogen) atoms. The molecule has 2 rings (SSSR count). The predicted octanol–water partition coefficient (Wildman–Crippen LogP) is 3.84. The molecule has 0 aliphatic carbocycles. The summed E-state index contributed by atoms with van der Waals surface area (Å²) in [5.41, 5.74) is 1.45. The van der Waals surface area contributed by atoms with Crippen molar-refractivity contribution in [2.45, 2.75) is 24.2 Å². The Morgan fingerprint density at radius 1 is 1.33 bits per heavy atom. The third-order valence-electron chi connectivity index (χ3n) is 3.53. The van der Waals surface area contributed by atoms with E-state index in [1.54, 1.807) is 12.3 Å². The van der Waals surface area contributed by atoms with Crippen LogP contribution in [-0.4, -0.2) is 53.5 Å². The Balaban J connectivity index is 2.41.